The van der Waals surface area contributed by atoms with E-state index in [2.05, 4.69) is 60.7 Å². The molecule has 6 nitrogen and oxygen atoms in total. The average molecular weight is 460 g/mol. The number of carbonyl (C=O) groups excluding carboxylic acids is 1. The van der Waals surface area contributed by atoms with E-state index < -0.39 is 0 Å². The van der Waals surface area contributed by atoms with Crippen LogP contribution in [-0.2, 0) is 5.41 Å². The topological polar surface area (TPSA) is 70.2 Å². The monoisotopic (exact) mass is 459 g/mol. The second-order valence-electron chi connectivity index (χ2n) is 10.7. The number of benzene rings is 1. The lowest BCUT2D eigenvalue weighted by molar-refractivity contribution is 0.0925. The number of fused-ring (bicyclic) bond motifs is 1. The largest absolute Gasteiger partial charge is 0.382 e. The maximum absolute atomic E-state index is 12.9. The molecule has 0 saturated heterocycles. The van der Waals surface area contributed by atoms with Gasteiger partial charge in [0.15, 0.2) is 0 Å². The van der Waals surface area contributed by atoms with Gasteiger partial charge in [-0.2, -0.15) is 0 Å². The molecule has 3 aromatic rings. The molecule has 1 saturated carbocycles. The zero-order valence-electron chi connectivity index (χ0n) is 21.3. The fourth-order valence-corrected chi connectivity index (χ4v) is 4.58. The number of rotatable bonds is 5. The van der Waals surface area contributed by atoms with Gasteiger partial charge in [0.05, 0.1) is 16.8 Å². The number of aromatic nitrogens is 2. The Balaban J connectivity index is 1.40. The van der Waals surface area contributed by atoms with Crippen molar-refractivity contribution in [2.45, 2.75) is 70.9 Å². The summed E-state index contributed by atoms with van der Waals surface area (Å²) in [7, 11) is 3.90. The third kappa shape index (κ3) is 5.32. The molecule has 0 bridgehead atoms. The highest BCUT2D eigenvalue weighted by Crippen LogP contribution is 2.31. The molecule has 2 N–H and O–H groups in total. The molecule has 1 aliphatic carbocycles. The van der Waals surface area contributed by atoms with Gasteiger partial charge >= 0.3 is 0 Å². The van der Waals surface area contributed by atoms with Gasteiger partial charge in [0.2, 0.25) is 0 Å². The van der Waals surface area contributed by atoms with Crippen LogP contribution >= 0.6 is 0 Å². The van der Waals surface area contributed by atoms with Crippen LogP contribution in [0.2, 0.25) is 0 Å². The third-order valence-electron chi connectivity index (χ3n) is 6.68. The zero-order chi connectivity index (χ0) is 24.5. The van der Waals surface area contributed by atoms with E-state index >= 15 is 0 Å². The first-order chi connectivity index (χ1) is 16.1. The number of pyridine rings is 2. The Labute approximate surface area is 203 Å². The minimum atomic E-state index is -0.0262. The minimum Gasteiger partial charge on any atom is -0.382 e. The van der Waals surface area contributed by atoms with Gasteiger partial charge in [0.1, 0.15) is 5.82 Å². The number of para-hydroxylation sites is 1. The van der Waals surface area contributed by atoms with Gasteiger partial charge in [-0.3, -0.25) is 9.78 Å². The molecular weight excluding hydrogens is 422 g/mol. The van der Waals surface area contributed by atoms with Gasteiger partial charge in [-0.05, 0) is 56.9 Å². The standard InChI is InChI=1S/C28H37N5O/c1-18-21(15-16-26(29-18)33(5)6)27(34)31-20-13-11-19(12-14-20)30-24-17-25(28(2,3)4)32-23-10-8-7-9-22(23)24/h7-10,15-17,19-20H,11-14H2,1-6H3,(H,30,32)(H,31,34). The number of anilines is 2. The maximum Gasteiger partial charge on any atom is 0.253 e. The molecule has 1 amide bonds. The minimum absolute atomic E-state index is 0.0138. The van der Waals surface area contributed by atoms with Gasteiger partial charge in [0.25, 0.3) is 5.91 Å². The van der Waals surface area contributed by atoms with Crippen molar-refractivity contribution in [3.8, 4) is 0 Å². The molecule has 1 aliphatic rings. The molecule has 0 unspecified atom stereocenters. The van der Waals surface area contributed by atoms with E-state index in [0.29, 0.717) is 11.6 Å². The van der Waals surface area contributed by atoms with Crippen molar-refractivity contribution < 1.29 is 4.79 Å². The molecule has 0 spiro atoms. The number of carbonyl (C=O) groups is 1. The Hall–Kier alpha value is -3.15. The molecular formula is C28H37N5O. The van der Waals surface area contributed by atoms with Crippen LogP contribution < -0.4 is 15.5 Å². The predicted molar refractivity (Wildman–Crippen MR) is 141 cm³/mol. The van der Waals surface area contributed by atoms with Crippen molar-refractivity contribution in [2.75, 3.05) is 24.3 Å². The molecule has 180 valence electrons. The number of aryl methyl sites for hydroxylation is 1. The number of amides is 1. The van der Waals surface area contributed by atoms with Crippen LogP contribution in [0.5, 0.6) is 0 Å². The van der Waals surface area contributed by atoms with E-state index in [1.165, 1.54) is 0 Å². The normalized spacial score (nSPS) is 18.5. The number of nitrogens with one attached hydrogen (secondary N) is 2. The SMILES string of the molecule is Cc1nc(N(C)C)ccc1C(=O)NC1CCC(Nc2cc(C(C)(C)C)nc3ccccc23)CC1. The van der Waals surface area contributed by atoms with Crippen LogP contribution in [0.25, 0.3) is 10.9 Å². The Kier molecular flexibility index (Phi) is 6.78. The Bertz CT molecular complexity index is 1170. The van der Waals surface area contributed by atoms with E-state index in [4.69, 9.17) is 4.98 Å². The van der Waals surface area contributed by atoms with Crippen molar-refractivity contribution in [1.29, 1.82) is 0 Å². The van der Waals surface area contributed by atoms with Crippen molar-refractivity contribution in [3.05, 3.63) is 59.4 Å². The first kappa shape index (κ1) is 24.0. The van der Waals surface area contributed by atoms with E-state index in [9.17, 15) is 4.79 Å². The second kappa shape index (κ2) is 9.61. The lowest BCUT2D eigenvalue weighted by atomic mass is 9.89. The van der Waals surface area contributed by atoms with Gasteiger partial charge in [-0.1, -0.05) is 39.0 Å². The van der Waals surface area contributed by atoms with E-state index in [-0.39, 0.29) is 17.4 Å². The van der Waals surface area contributed by atoms with E-state index in [1.807, 2.05) is 44.1 Å². The number of hydrogen-bond donors (Lipinski definition) is 2. The molecule has 0 aliphatic heterocycles. The lowest BCUT2D eigenvalue weighted by Crippen LogP contribution is -2.40. The summed E-state index contributed by atoms with van der Waals surface area (Å²) >= 11 is 0. The number of hydrogen-bond acceptors (Lipinski definition) is 5. The summed E-state index contributed by atoms with van der Waals surface area (Å²) in [5.41, 5.74) is 4.69. The molecule has 0 atom stereocenters. The van der Waals surface area contributed by atoms with Gasteiger partial charge < -0.3 is 15.5 Å². The van der Waals surface area contributed by atoms with E-state index in [0.717, 1.165) is 59.5 Å². The first-order valence-electron chi connectivity index (χ1n) is 12.2. The van der Waals surface area contributed by atoms with Crippen LogP contribution in [-0.4, -0.2) is 42.1 Å². The van der Waals surface area contributed by atoms with Gasteiger partial charge in [-0.15, -0.1) is 0 Å². The van der Waals surface area contributed by atoms with Gasteiger partial charge in [-0.25, -0.2) is 4.98 Å². The molecule has 34 heavy (non-hydrogen) atoms. The molecule has 2 aromatic heterocycles. The van der Waals surface area contributed by atoms with Crippen molar-refractivity contribution >= 4 is 28.3 Å². The quantitative estimate of drug-likeness (QED) is 0.531. The maximum atomic E-state index is 12.9. The summed E-state index contributed by atoms with van der Waals surface area (Å²) in [6.07, 6.45) is 3.95. The average Bonchev–Trinajstić information content (AvgIpc) is 2.79. The van der Waals surface area contributed by atoms with Gasteiger partial charge in [0, 0.05) is 48.4 Å². The molecule has 1 aromatic carbocycles. The van der Waals surface area contributed by atoms with Crippen LogP contribution in [0.15, 0.2) is 42.5 Å². The van der Waals surface area contributed by atoms with Crippen molar-refractivity contribution in [3.63, 3.8) is 0 Å². The molecule has 6 heteroatoms. The summed E-state index contributed by atoms with van der Waals surface area (Å²) in [5.74, 6) is 0.834. The number of nitrogens with zero attached hydrogens (tertiary/aromatic N) is 3. The Morgan fingerprint density at radius 2 is 1.65 bits per heavy atom. The predicted octanol–water partition coefficient (Wildman–Crippen LogP) is 5.45. The zero-order valence-corrected chi connectivity index (χ0v) is 21.3. The molecule has 1 fully saturated rings. The summed E-state index contributed by atoms with van der Waals surface area (Å²) in [6, 6.07) is 14.9. The molecule has 4 rings (SSSR count). The smallest absolute Gasteiger partial charge is 0.253 e. The highest BCUT2D eigenvalue weighted by atomic mass is 16.1. The second-order valence-corrected chi connectivity index (χ2v) is 10.7. The highest BCUT2D eigenvalue weighted by molar-refractivity contribution is 5.95. The summed E-state index contributed by atoms with van der Waals surface area (Å²) in [4.78, 5) is 24.3. The van der Waals surface area contributed by atoms with Crippen molar-refractivity contribution in [1.82, 2.24) is 15.3 Å². The van der Waals surface area contributed by atoms with Crippen LogP contribution in [0, 0.1) is 6.92 Å². The van der Waals surface area contributed by atoms with E-state index in [1.54, 1.807) is 0 Å². The summed E-state index contributed by atoms with van der Waals surface area (Å²) < 4.78 is 0. The van der Waals surface area contributed by atoms with Crippen LogP contribution in [0.4, 0.5) is 11.5 Å². The highest BCUT2D eigenvalue weighted by Gasteiger charge is 2.25. The van der Waals surface area contributed by atoms with Crippen LogP contribution in [0.3, 0.4) is 0 Å². The molecule has 2 heterocycles. The first-order valence-corrected chi connectivity index (χ1v) is 12.2. The molecule has 0 radical (unpaired) electrons. The van der Waals surface area contributed by atoms with Crippen LogP contribution in [0.1, 0.15) is 68.2 Å². The summed E-state index contributed by atoms with van der Waals surface area (Å²) in [5, 5.41) is 8.20. The fourth-order valence-electron chi connectivity index (χ4n) is 4.58. The Morgan fingerprint density at radius 3 is 2.29 bits per heavy atom. The Morgan fingerprint density at radius 1 is 0.971 bits per heavy atom. The fraction of sp³-hybridized carbons (Fsp3) is 0.464. The third-order valence-corrected chi connectivity index (χ3v) is 6.68. The lowest BCUT2D eigenvalue weighted by Gasteiger charge is -2.31. The van der Waals surface area contributed by atoms with Crippen molar-refractivity contribution in [2.24, 2.45) is 0 Å². The summed E-state index contributed by atoms with van der Waals surface area (Å²) in [6.45, 7) is 8.50.